The van der Waals surface area contributed by atoms with E-state index in [1.165, 1.54) is 28.6 Å². The second kappa shape index (κ2) is 7.28. The van der Waals surface area contributed by atoms with Gasteiger partial charge in [0, 0.05) is 24.6 Å². The molecule has 0 aromatic heterocycles. The molecule has 1 aliphatic rings. The Morgan fingerprint density at radius 2 is 1.95 bits per heavy atom. The Bertz CT molecular complexity index is 616. The monoisotopic (exact) mass is 331 g/mol. The van der Waals surface area contributed by atoms with Gasteiger partial charge in [-0.1, -0.05) is 0 Å². The van der Waals surface area contributed by atoms with Crippen LogP contribution in [0.1, 0.15) is 36.0 Å². The molecule has 1 aromatic carbocycles. The summed E-state index contributed by atoms with van der Waals surface area (Å²) in [5.74, 6) is -0.865. The fourth-order valence-electron chi connectivity index (χ4n) is 2.70. The number of benzene rings is 1. The number of nitrogens with zero attached hydrogens (tertiary/aromatic N) is 1. The van der Waals surface area contributed by atoms with Gasteiger partial charge in [0.2, 0.25) is 10.0 Å². The van der Waals surface area contributed by atoms with Gasteiger partial charge < -0.3 is 0 Å². The van der Waals surface area contributed by atoms with Crippen LogP contribution in [0, 0.1) is 5.82 Å². The van der Waals surface area contributed by atoms with E-state index < -0.39 is 22.5 Å². The fraction of sp³-hybridized carbons (Fsp3) is 0.533. The van der Waals surface area contributed by atoms with Crippen molar-refractivity contribution in [3.63, 3.8) is 0 Å². The molecule has 2 rings (SSSR count). The summed E-state index contributed by atoms with van der Waals surface area (Å²) in [5, 5.41) is 0. The van der Waals surface area contributed by atoms with Gasteiger partial charge in [0.25, 0.3) is 0 Å². The predicted octanol–water partition coefficient (Wildman–Crippen LogP) is 2.55. The maximum Gasteiger partial charge on any atom is 0.214 e. The normalized spacial score (nSPS) is 19.5. The first-order valence-corrected chi connectivity index (χ1v) is 8.89. The number of Topliss-reactive ketones (excluding diaryl/α,β-unsaturated/α-hetero) is 1. The molecule has 1 atom stereocenters. The van der Waals surface area contributed by atoms with Gasteiger partial charge in [-0.05, 0) is 43.5 Å². The number of ketones is 1. The maximum atomic E-state index is 12.9. The van der Waals surface area contributed by atoms with Crippen LogP contribution in [0.15, 0.2) is 24.3 Å². The average Bonchev–Trinajstić information content (AvgIpc) is 2.95. The first-order chi connectivity index (χ1) is 10.4. The van der Waals surface area contributed by atoms with Crippen LogP contribution in [0.4, 0.5) is 8.78 Å². The zero-order chi connectivity index (χ0) is 16.2. The lowest BCUT2D eigenvalue weighted by Gasteiger charge is -2.23. The molecule has 1 aromatic rings. The molecule has 0 N–H and O–H groups in total. The third-order valence-corrected chi connectivity index (χ3v) is 5.80. The summed E-state index contributed by atoms with van der Waals surface area (Å²) in [6, 6.07) is 4.82. The molecule has 0 saturated carbocycles. The molecule has 7 heteroatoms. The van der Waals surface area contributed by atoms with E-state index in [9.17, 15) is 22.0 Å². The standard InChI is InChI=1S/C15H19F2NO3S/c16-8-2-10-22(20,21)18-9-1-3-14(18)11-15(19)12-4-6-13(17)7-5-12/h4-7,14H,1-3,8-11H2. The first-order valence-electron chi connectivity index (χ1n) is 7.28. The Kier molecular flexibility index (Phi) is 5.63. The number of sulfonamides is 1. The van der Waals surface area contributed by atoms with Crippen LogP contribution in [0.3, 0.4) is 0 Å². The molecular formula is C15H19F2NO3S. The van der Waals surface area contributed by atoms with Crippen molar-refractivity contribution < 1.29 is 22.0 Å². The Morgan fingerprint density at radius 3 is 2.59 bits per heavy atom. The van der Waals surface area contributed by atoms with Crippen molar-refractivity contribution in [3.05, 3.63) is 35.6 Å². The van der Waals surface area contributed by atoms with Crippen molar-refractivity contribution in [3.8, 4) is 0 Å². The van der Waals surface area contributed by atoms with E-state index in [0.717, 1.165) is 0 Å². The van der Waals surface area contributed by atoms with Crippen molar-refractivity contribution >= 4 is 15.8 Å². The molecule has 22 heavy (non-hydrogen) atoms. The largest absolute Gasteiger partial charge is 0.294 e. The third-order valence-electron chi connectivity index (χ3n) is 3.80. The van der Waals surface area contributed by atoms with Crippen LogP contribution in [-0.2, 0) is 10.0 Å². The van der Waals surface area contributed by atoms with Crippen LogP contribution in [0.25, 0.3) is 0 Å². The Balaban J connectivity index is 2.05. The highest BCUT2D eigenvalue weighted by Crippen LogP contribution is 2.25. The SMILES string of the molecule is O=C(CC1CCCN1S(=O)(=O)CCCF)c1ccc(F)cc1. The first kappa shape index (κ1) is 17.0. The number of rotatable bonds is 7. The van der Waals surface area contributed by atoms with E-state index in [0.29, 0.717) is 24.9 Å². The fourth-order valence-corrected chi connectivity index (χ4v) is 4.45. The lowest BCUT2D eigenvalue weighted by Crippen LogP contribution is -2.38. The van der Waals surface area contributed by atoms with E-state index in [1.54, 1.807) is 0 Å². The van der Waals surface area contributed by atoms with Crippen molar-refractivity contribution in [2.45, 2.75) is 31.7 Å². The summed E-state index contributed by atoms with van der Waals surface area (Å²) in [6.45, 7) is -0.303. The second-order valence-corrected chi connectivity index (χ2v) is 7.44. The molecular weight excluding hydrogens is 312 g/mol. The zero-order valence-electron chi connectivity index (χ0n) is 12.2. The minimum Gasteiger partial charge on any atom is -0.294 e. The van der Waals surface area contributed by atoms with Crippen molar-refractivity contribution in [2.24, 2.45) is 0 Å². The van der Waals surface area contributed by atoms with Gasteiger partial charge in [0.15, 0.2) is 5.78 Å². The minimum atomic E-state index is -3.52. The van der Waals surface area contributed by atoms with E-state index >= 15 is 0 Å². The smallest absolute Gasteiger partial charge is 0.214 e. The number of halogens is 2. The molecule has 0 bridgehead atoms. The molecule has 0 amide bonds. The topological polar surface area (TPSA) is 54.5 Å². The van der Waals surface area contributed by atoms with Crippen molar-refractivity contribution in [2.75, 3.05) is 19.0 Å². The molecule has 1 unspecified atom stereocenters. The molecule has 122 valence electrons. The van der Waals surface area contributed by atoms with Crippen LogP contribution < -0.4 is 0 Å². The van der Waals surface area contributed by atoms with E-state index in [1.807, 2.05) is 0 Å². The van der Waals surface area contributed by atoms with E-state index in [-0.39, 0.29) is 30.4 Å². The van der Waals surface area contributed by atoms with Crippen molar-refractivity contribution in [1.82, 2.24) is 4.31 Å². The Labute approximate surface area is 129 Å². The zero-order valence-corrected chi connectivity index (χ0v) is 13.0. The van der Waals surface area contributed by atoms with Gasteiger partial charge >= 0.3 is 0 Å². The quantitative estimate of drug-likeness (QED) is 0.722. The van der Waals surface area contributed by atoms with Crippen LogP contribution in [-0.4, -0.2) is 43.5 Å². The van der Waals surface area contributed by atoms with Crippen LogP contribution in [0.5, 0.6) is 0 Å². The molecule has 1 fully saturated rings. The number of alkyl halides is 1. The number of hydrogen-bond donors (Lipinski definition) is 0. The summed E-state index contributed by atoms with van der Waals surface area (Å²) < 4.78 is 50.7. The molecule has 4 nitrogen and oxygen atoms in total. The third kappa shape index (κ3) is 4.10. The molecule has 0 spiro atoms. The maximum absolute atomic E-state index is 12.9. The average molecular weight is 331 g/mol. The van der Waals surface area contributed by atoms with Crippen LogP contribution >= 0.6 is 0 Å². The number of carbonyl (C=O) groups excluding carboxylic acids is 1. The summed E-state index contributed by atoms with van der Waals surface area (Å²) in [4.78, 5) is 12.2. The highest BCUT2D eigenvalue weighted by molar-refractivity contribution is 7.89. The number of hydrogen-bond acceptors (Lipinski definition) is 3. The van der Waals surface area contributed by atoms with Gasteiger partial charge in [-0.25, -0.2) is 12.8 Å². The molecule has 1 heterocycles. The van der Waals surface area contributed by atoms with Gasteiger partial charge in [-0.2, -0.15) is 4.31 Å². The van der Waals surface area contributed by atoms with Gasteiger partial charge in [-0.15, -0.1) is 0 Å². The minimum absolute atomic E-state index is 0.0303. The molecule has 0 aliphatic carbocycles. The summed E-state index contributed by atoms with van der Waals surface area (Å²) >= 11 is 0. The van der Waals surface area contributed by atoms with Gasteiger partial charge in [0.1, 0.15) is 5.82 Å². The highest BCUT2D eigenvalue weighted by Gasteiger charge is 2.35. The summed E-state index contributed by atoms with van der Waals surface area (Å²) in [5.41, 5.74) is 0.370. The van der Waals surface area contributed by atoms with Crippen molar-refractivity contribution in [1.29, 1.82) is 0 Å². The lowest BCUT2D eigenvalue weighted by molar-refractivity contribution is 0.0961. The Hall–Kier alpha value is -1.34. The van der Waals surface area contributed by atoms with Gasteiger partial charge in [0.05, 0.1) is 12.4 Å². The Morgan fingerprint density at radius 1 is 1.27 bits per heavy atom. The highest BCUT2D eigenvalue weighted by atomic mass is 32.2. The van der Waals surface area contributed by atoms with E-state index in [4.69, 9.17) is 0 Å². The molecule has 1 saturated heterocycles. The summed E-state index contributed by atoms with van der Waals surface area (Å²) in [6.07, 6.45) is 1.34. The van der Waals surface area contributed by atoms with Gasteiger partial charge in [-0.3, -0.25) is 9.18 Å². The second-order valence-electron chi connectivity index (χ2n) is 5.40. The molecule has 1 aliphatic heterocycles. The predicted molar refractivity (Wildman–Crippen MR) is 79.5 cm³/mol. The summed E-state index contributed by atoms with van der Waals surface area (Å²) in [7, 11) is -3.52. The lowest BCUT2D eigenvalue weighted by atomic mass is 10.0. The molecule has 0 radical (unpaired) electrons. The van der Waals surface area contributed by atoms with E-state index in [2.05, 4.69) is 0 Å². The van der Waals surface area contributed by atoms with Crippen LogP contribution in [0.2, 0.25) is 0 Å². The number of carbonyl (C=O) groups is 1.